The van der Waals surface area contributed by atoms with Crippen molar-refractivity contribution in [2.24, 2.45) is 0 Å². The molecule has 0 bridgehead atoms. The lowest BCUT2D eigenvalue weighted by Gasteiger charge is -2.42. The summed E-state index contributed by atoms with van der Waals surface area (Å²) >= 11 is 0. The van der Waals surface area contributed by atoms with E-state index in [-0.39, 0.29) is 0 Å². The first-order chi connectivity index (χ1) is 6.95. The van der Waals surface area contributed by atoms with Crippen LogP contribution in [-0.2, 0) is 0 Å². The van der Waals surface area contributed by atoms with Crippen molar-refractivity contribution in [1.82, 2.24) is 5.32 Å². The second-order valence-corrected chi connectivity index (χ2v) is 3.95. The standard InChI is InChI=1S/C11H15N3/c1-2-4-11-10(3-1)13-8-9-7-12-5-6-14(9)11/h1-4,9,12-13H,5-8H2. The highest BCUT2D eigenvalue weighted by Crippen LogP contribution is 2.31. The number of nitrogens with zero attached hydrogens (tertiary/aromatic N) is 1. The Morgan fingerprint density at radius 1 is 1.21 bits per heavy atom. The second-order valence-electron chi connectivity index (χ2n) is 3.95. The third-order valence-electron chi connectivity index (χ3n) is 3.09. The third-order valence-corrected chi connectivity index (χ3v) is 3.09. The van der Waals surface area contributed by atoms with Crippen LogP contribution in [0.25, 0.3) is 0 Å². The number of rotatable bonds is 0. The van der Waals surface area contributed by atoms with Crippen LogP contribution in [0.3, 0.4) is 0 Å². The Hall–Kier alpha value is -1.22. The van der Waals surface area contributed by atoms with Crippen molar-refractivity contribution in [2.45, 2.75) is 6.04 Å². The van der Waals surface area contributed by atoms with Gasteiger partial charge in [-0.15, -0.1) is 0 Å². The summed E-state index contributed by atoms with van der Waals surface area (Å²) in [6, 6.07) is 9.20. The Balaban J connectivity index is 1.99. The molecule has 1 aromatic carbocycles. The van der Waals surface area contributed by atoms with Gasteiger partial charge >= 0.3 is 0 Å². The summed E-state index contributed by atoms with van der Waals surface area (Å²) in [4.78, 5) is 2.52. The maximum atomic E-state index is 3.48. The minimum Gasteiger partial charge on any atom is -0.381 e. The lowest BCUT2D eigenvalue weighted by molar-refractivity contribution is 0.482. The smallest absolute Gasteiger partial charge is 0.0606 e. The summed E-state index contributed by atoms with van der Waals surface area (Å²) in [6.07, 6.45) is 0. The van der Waals surface area contributed by atoms with Gasteiger partial charge in [-0.2, -0.15) is 0 Å². The summed E-state index contributed by atoms with van der Waals surface area (Å²) in [5.74, 6) is 0. The van der Waals surface area contributed by atoms with Crippen LogP contribution in [0.2, 0.25) is 0 Å². The summed E-state index contributed by atoms with van der Waals surface area (Å²) in [5, 5.41) is 6.91. The average Bonchev–Trinajstić information content (AvgIpc) is 2.29. The van der Waals surface area contributed by atoms with Gasteiger partial charge in [0.05, 0.1) is 17.4 Å². The molecule has 0 spiro atoms. The average molecular weight is 189 g/mol. The Labute approximate surface area is 84.1 Å². The first-order valence-electron chi connectivity index (χ1n) is 5.25. The number of hydrogen-bond donors (Lipinski definition) is 2. The number of para-hydroxylation sites is 2. The lowest BCUT2D eigenvalue weighted by atomic mass is 10.1. The molecule has 0 saturated carbocycles. The fraction of sp³-hybridized carbons (Fsp3) is 0.455. The van der Waals surface area contributed by atoms with Gasteiger partial charge in [0.25, 0.3) is 0 Å². The normalized spacial score (nSPS) is 24.9. The number of benzene rings is 1. The fourth-order valence-corrected chi connectivity index (χ4v) is 2.36. The van der Waals surface area contributed by atoms with Gasteiger partial charge in [-0.05, 0) is 12.1 Å². The summed E-state index contributed by atoms with van der Waals surface area (Å²) in [5.41, 5.74) is 2.65. The molecule has 2 aliphatic heterocycles. The molecule has 3 nitrogen and oxygen atoms in total. The fourth-order valence-electron chi connectivity index (χ4n) is 2.36. The quantitative estimate of drug-likeness (QED) is 0.634. The molecule has 14 heavy (non-hydrogen) atoms. The molecule has 0 amide bonds. The monoisotopic (exact) mass is 189 g/mol. The third kappa shape index (κ3) is 1.16. The maximum Gasteiger partial charge on any atom is 0.0606 e. The van der Waals surface area contributed by atoms with Gasteiger partial charge in [-0.25, -0.2) is 0 Å². The first kappa shape index (κ1) is 8.12. The van der Waals surface area contributed by atoms with Gasteiger partial charge in [0.2, 0.25) is 0 Å². The van der Waals surface area contributed by atoms with Gasteiger partial charge in [-0.3, -0.25) is 0 Å². The minimum absolute atomic E-state index is 0.624. The molecular weight excluding hydrogens is 174 g/mol. The van der Waals surface area contributed by atoms with Crippen molar-refractivity contribution < 1.29 is 0 Å². The predicted molar refractivity (Wildman–Crippen MR) is 58.9 cm³/mol. The molecule has 74 valence electrons. The Kier molecular flexibility index (Phi) is 1.84. The number of anilines is 2. The Bertz CT molecular complexity index is 337. The van der Waals surface area contributed by atoms with E-state index in [1.807, 2.05) is 0 Å². The van der Waals surface area contributed by atoms with Crippen LogP contribution < -0.4 is 15.5 Å². The topological polar surface area (TPSA) is 27.3 Å². The lowest BCUT2D eigenvalue weighted by Crippen LogP contribution is -2.56. The Morgan fingerprint density at radius 3 is 3.14 bits per heavy atom. The van der Waals surface area contributed by atoms with E-state index in [4.69, 9.17) is 0 Å². The minimum atomic E-state index is 0.624. The van der Waals surface area contributed by atoms with E-state index in [0.717, 1.165) is 26.2 Å². The highest BCUT2D eigenvalue weighted by Gasteiger charge is 2.27. The van der Waals surface area contributed by atoms with Crippen LogP contribution >= 0.6 is 0 Å². The van der Waals surface area contributed by atoms with Crippen molar-refractivity contribution >= 4 is 11.4 Å². The Morgan fingerprint density at radius 2 is 2.14 bits per heavy atom. The van der Waals surface area contributed by atoms with E-state index >= 15 is 0 Å². The van der Waals surface area contributed by atoms with E-state index in [2.05, 4.69) is 39.8 Å². The van der Waals surface area contributed by atoms with Crippen LogP contribution in [0.1, 0.15) is 0 Å². The summed E-state index contributed by atoms with van der Waals surface area (Å²) in [7, 11) is 0. The second kappa shape index (κ2) is 3.17. The van der Waals surface area contributed by atoms with Crippen LogP contribution in [0.15, 0.2) is 24.3 Å². The van der Waals surface area contributed by atoms with Gasteiger partial charge in [0, 0.05) is 26.2 Å². The zero-order valence-corrected chi connectivity index (χ0v) is 8.16. The zero-order chi connectivity index (χ0) is 9.38. The van der Waals surface area contributed by atoms with Crippen molar-refractivity contribution in [1.29, 1.82) is 0 Å². The largest absolute Gasteiger partial charge is 0.381 e. The first-order valence-corrected chi connectivity index (χ1v) is 5.25. The molecule has 1 saturated heterocycles. The molecule has 1 fully saturated rings. The van der Waals surface area contributed by atoms with Gasteiger partial charge in [0.1, 0.15) is 0 Å². The predicted octanol–water partition coefficient (Wildman–Crippen LogP) is 0.890. The van der Waals surface area contributed by atoms with Crippen LogP contribution in [0.5, 0.6) is 0 Å². The molecule has 0 aromatic heterocycles. The molecule has 0 radical (unpaired) electrons. The molecule has 3 heteroatoms. The number of fused-ring (bicyclic) bond motifs is 3. The molecule has 3 rings (SSSR count). The molecule has 2 N–H and O–H groups in total. The number of piperazine rings is 1. The number of hydrogen-bond acceptors (Lipinski definition) is 3. The SMILES string of the molecule is c1ccc2c(c1)NCC1CNCCN21. The van der Waals surface area contributed by atoms with E-state index in [1.54, 1.807) is 0 Å². The van der Waals surface area contributed by atoms with E-state index in [9.17, 15) is 0 Å². The van der Waals surface area contributed by atoms with Crippen molar-refractivity contribution in [2.75, 3.05) is 36.4 Å². The molecule has 1 unspecified atom stereocenters. The zero-order valence-electron chi connectivity index (χ0n) is 8.16. The molecule has 0 aliphatic carbocycles. The number of nitrogens with one attached hydrogen (secondary N) is 2. The molecular formula is C11H15N3. The van der Waals surface area contributed by atoms with E-state index < -0.39 is 0 Å². The molecule has 2 aliphatic rings. The highest BCUT2D eigenvalue weighted by molar-refractivity contribution is 5.72. The highest BCUT2D eigenvalue weighted by atomic mass is 15.3. The van der Waals surface area contributed by atoms with E-state index in [1.165, 1.54) is 11.4 Å². The summed E-state index contributed by atoms with van der Waals surface area (Å²) < 4.78 is 0. The van der Waals surface area contributed by atoms with Crippen LogP contribution in [-0.4, -0.2) is 32.2 Å². The molecule has 1 atom stereocenters. The summed E-state index contributed by atoms with van der Waals surface area (Å²) in [6.45, 7) is 4.39. The maximum absolute atomic E-state index is 3.48. The van der Waals surface area contributed by atoms with Crippen LogP contribution in [0, 0.1) is 0 Å². The van der Waals surface area contributed by atoms with Gasteiger partial charge < -0.3 is 15.5 Å². The molecule has 1 aromatic rings. The van der Waals surface area contributed by atoms with Gasteiger partial charge in [-0.1, -0.05) is 12.1 Å². The van der Waals surface area contributed by atoms with Crippen molar-refractivity contribution in [3.8, 4) is 0 Å². The van der Waals surface area contributed by atoms with Gasteiger partial charge in [0.15, 0.2) is 0 Å². The van der Waals surface area contributed by atoms with Crippen LogP contribution in [0.4, 0.5) is 11.4 Å². The van der Waals surface area contributed by atoms with Crippen molar-refractivity contribution in [3.63, 3.8) is 0 Å². The van der Waals surface area contributed by atoms with Crippen molar-refractivity contribution in [3.05, 3.63) is 24.3 Å². The molecule has 2 heterocycles. The van der Waals surface area contributed by atoms with E-state index in [0.29, 0.717) is 6.04 Å².